The fourth-order valence-corrected chi connectivity index (χ4v) is 3.77. The van der Waals surface area contributed by atoms with Gasteiger partial charge in [-0.15, -0.1) is 0 Å². The van der Waals surface area contributed by atoms with Gasteiger partial charge in [0.1, 0.15) is 11.6 Å². The molecule has 0 aromatic heterocycles. The molecule has 0 aliphatic carbocycles. The molecule has 2 nitrogen and oxygen atoms in total. The minimum atomic E-state index is -4.74. The van der Waals surface area contributed by atoms with Crippen LogP contribution >= 0.6 is 0 Å². The van der Waals surface area contributed by atoms with E-state index in [9.17, 15) is 22.4 Å². The van der Waals surface area contributed by atoms with Crippen LogP contribution < -0.4 is 5.32 Å². The maximum Gasteiger partial charge on any atom is 0.419 e. The minimum absolute atomic E-state index is 0.0388. The quantitative estimate of drug-likeness (QED) is 0.853. The normalized spacial score (nSPS) is 27.7. The standard InChI is InChI=1S/C17H19F4NO/c18-15-5-4-10(6-14(15)17(19,20)21)7-16(23)11-8-12-2-1-3-13(9-11)22-12/h4-6,11-13,22H,1-3,7-9H2. The van der Waals surface area contributed by atoms with Crippen LogP contribution in [0.4, 0.5) is 17.6 Å². The zero-order chi connectivity index (χ0) is 16.6. The first-order valence-electron chi connectivity index (χ1n) is 7.97. The van der Waals surface area contributed by atoms with Gasteiger partial charge in [-0.2, -0.15) is 13.2 Å². The summed E-state index contributed by atoms with van der Waals surface area (Å²) in [5, 5.41) is 3.49. The predicted molar refractivity (Wildman–Crippen MR) is 77.4 cm³/mol. The van der Waals surface area contributed by atoms with Crippen LogP contribution in [0.3, 0.4) is 0 Å². The third-order valence-electron chi connectivity index (χ3n) is 4.88. The van der Waals surface area contributed by atoms with Crippen LogP contribution in [0.25, 0.3) is 0 Å². The van der Waals surface area contributed by atoms with Gasteiger partial charge in [0.05, 0.1) is 5.56 Å². The Bertz CT molecular complexity index is 587. The van der Waals surface area contributed by atoms with Crippen LogP contribution in [0.1, 0.15) is 43.2 Å². The van der Waals surface area contributed by atoms with Gasteiger partial charge in [0.15, 0.2) is 0 Å². The monoisotopic (exact) mass is 329 g/mol. The lowest BCUT2D eigenvalue weighted by molar-refractivity contribution is -0.140. The first-order chi connectivity index (χ1) is 10.8. The van der Waals surface area contributed by atoms with E-state index in [-0.39, 0.29) is 23.7 Å². The summed E-state index contributed by atoms with van der Waals surface area (Å²) in [7, 11) is 0. The highest BCUT2D eigenvalue weighted by atomic mass is 19.4. The summed E-state index contributed by atoms with van der Waals surface area (Å²) >= 11 is 0. The number of ketones is 1. The molecule has 1 aromatic carbocycles. The zero-order valence-electron chi connectivity index (χ0n) is 12.6. The van der Waals surface area contributed by atoms with E-state index in [4.69, 9.17) is 0 Å². The third kappa shape index (κ3) is 3.74. The molecule has 2 fully saturated rings. The largest absolute Gasteiger partial charge is 0.419 e. The highest BCUT2D eigenvalue weighted by molar-refractivity contribution is 5.83. The van der Waals surface area contributed by atoms with Gasteiger partial charge in [0.2, 0.25) is 0 Å². The van der Waals surface area contributed by atoms with Gasteiger partial charge in [-0.1, -0.05) is 12.5 Å². The molecule has 0 spiro atoms. The van der Waals surface area contributed by atoms with Gasteiger partial charge in [-0.25, -0.2) is 4.39 Å². The van der Waals surface area contributed by atoms with Crippen molar-refractivity contribution in [2.45, 2.75) is 56.8 Å². The zero-order valence-corrected chi connectivity index (χ0v) is 12.6. The van der Waals surface area contributed by atoms with Gasteiger partial charge in [-0.3, -0.25) is 4.79 Å². The number of hydrogen-bond donors (Lipinski definition) is 1. The molecular weight excluding hydrogens is 310 g/mol. The van der Waals surface area contributed by atoms with Crippen molar-refractivity contribution in [2.75, 3.05) is 0 Å². The third-order valence-corrected chi connectivity index (χ3v) is 4.88. The van der Waals surface area contributed by atoms with Crippen molar-refractivity contribution in [3.63, 3.8) is 0 Å². The fraction of sp³-hybridized carbons (Fsp3) is 0.588. The number of piperidine rings is 2. The molecule has 1 N–H and O–H groups in total. The summed E-state index contributed by atoms with van der Waals surface area (Å²) in [6.45, 7) is 0. The van der Waals surface area contributed by atoms with Crippen molar-refractivity contribution in [3.8, 4) is 0 Å². The topological polar surface area (TPSA) is 29.1 Å². The Morgan fingerprint density at radius 2 is 1.83 bits per heavy atom. The first-order valence-corrected chi connectivity index (χ1v) is 7.97. The molecule has 0 amide bonds. The highest BCUT2D eigenvalue weighted by Crippen LogP contribution is 2.33. The number of alkyl halides is 3. The molecule has 2 unspecified atom stereocenters. The Morgan fingerprint density at radius 3 is 2.43 bits per heavy atom. The second-order valence-electron chi connectivity index (χ2n) is 6.61. The SMILES string of the molecule is O=C(Cc1ccc(F)c(C(F)(F)F)c1)C1CC2CCCC(C1)N2. The van der Waals surface area contributed by atoms with Gasteiger partial charge in [0, 0.05) is 24.4 Å². The van der Waals surface area contributed by atoms with Crippen LogP contribution in [0, 0.1) is 11.7 Å². The molecule has 126 valence electrons. The van der Waals surface area contributed by atoms with E-state index < -0.39 is 17.6 Å². The maximum atomic E-state index is 13.3. The number of hydrogen-bond acceptors (Lipinski definition) is 2. The molecule has 0 saturated carbocycles. The summed E-state index contributed by atoms with van der Waals surface area (Å²) in [4.78, 5) is 12.4. The molecule has 2 heterocycles. The van der Waals surface area contributed by atoms with E-state index in [1.807, 2.05) is 0 Å². The van der Waals surface area contributed by atoms with Gasteiger partial charge < -0.3 is 5.32 Å². The fourth-order valence-electron chi connectivity index (χ4n) is 3.77. The predicted octanol–water partition coefficient (Wildman–Crippen LogP) is 3.88. The molecule has 3 rings (SSSR count). The molecule has 6 heteroatoms. The molecule has 1 aromatic rings. The minimum Gasteiger partial charge on any atom is -0.311 e. The molecule has 0 radical (unpaired) electrons. The maximum absolute atomic E-state index is 13.3. The summed E-state index contributed by atoms with van der Waals surface area (Å²) in [6, 6.07) is 3.51. The highest BCUT2D eigenvalue weighted by Gasteiger charge is 2.36. The Hall–Kier alpha value is -1.43. The van der Waals surface area contributed by atoms with Crippen molar-refractivity contribution in [1.29, 1.82) is 0 Å². The summed E-state index contributed by atoms with van der Waals surface area (Å²) in [5.41, 5.74) is -1.07. The second kappa shape index (κ2) is 6.23. The number of nitrogens with one attached hydrogen (secondary N) is 1. The summed E-state index contributed by atoms with van der Waals surface area (Å²) < 4.78 is 51.5. The van der Waals surface area contributed by atoms with E-state index >= 15 is 0 Å². The summed E-state index contributed by atoms with van der Waals surface area (Å²) in [6.07, 6.45) is -0.0338. The lowest BCUT2D eigenvalue weighted by Crippen LogP contribution is -2.50. The summed E-state index contributed by atoms with van der Waals surface area (Å²) in [5.74, 6) is -1.45. The first kappa shape index (κ1) is 16.4. The van der Waals surface area contributed by atoms with E-state index in [1.165, 1.54) is 6.07 Å². The Labute approximate surface area is 132 Å². The molecular formula is C17H19F4NO. The average molecular weight is 329 g/mol. The lowest BCUT2D eigenvalue weighted by Gasteiger charge is -2.39. The van der Waals surface area contributed by atoms with E-state index in [0.29, 0.717) is 12.1 Å². The van der Waals surface area contributed by atoms with E-state index in [2.05, 4.69) is 5.32 Å². The van der Waals surface area contributed by atoms with Gasteiger partial charge >= 0.3 is 6.18 Å². The number of carbonyl (C=O) groups is 1. The Kier molecular flexibility index (Phi) is 4.45. The van der Waals surface area contributed by atoms with E-state index in [0.717, 1.165) is 44.2 Å². The van der Waals surface area contributed by atoms with Gasteiger partial charge in [-0.05, 0) is 43.4 Å². The van der Waals surface area contributed by atoms with Crippen LogP contribution in [-0.2, 0) is 17.4 Å². The Balaban J connectivity index is 1.70. The lowest BCUT2D eigenvalue weighted by atomic mass is 9.77. The van der Waals surface area contributed by atoms with Crippen molar-refractivity contribution >= 4 is 5.78 Å². The smallest absolute Gasteiger partial charge is 0.311 e. The molecule has 2 aliphatic rings. The number of Topliss-reactive ketones (excluding diaryl/α,β-unsaturated/α-hetero) is 1. The van der Waals surface area contributed by atoms with Gasteiger partial charge in [0.25, 0.3) is 0 Å². The number of benzene rings is 1. The van der Waals surface area contributed by atoms with Crippen molar-refractivity contribution in [3.05, 3.63) is 35.1 Å². The number of halogens is 4. The van der Waals surface area contributed by atoms with Crippen molar-refractivity contribution in [2.24, 2.45) is 5.92 Å². The molecule has 2 aliphatic heterocycles. The number of rotatable bonds is 3. The van der Waals surface area contributed by atoms with Crippen LogP contribution in [0.5, 0.6) is 0 Å². The van der Waals surface area contributed by atoms with Crippen LogP contribution in [0.2, 0.25) is 0 Å². The second-order valence-corrected chi connectivity index (χ2v) is 6.61. The van der Waals surface area contributed by atoms with Crippen molar-refractivity contribution in [1.82, 2.24) is 5.32 Å². The molecule has 23 heavy (non-hydrogen) atoms. The average Bonchev–Trinajstić information content (AvgIpc) is 2.47. The van der Waals surface area contributed by atoms with Crippen molar-refractivity contribution < 1.29 is 22.4 Å². The van der Waals surface area contributed by atoms with E-state index in [1.54, 1.807) is 0 Å². The molecule has 2 atom stereocenters. The molecule has 2 bridgehead atoms. The number of fused-ring (bicyclic) bond motifs is 2. The van der Waals surface area contributed by atoms with Crippen LogP contribution in [-0.4, -0.2) is 17.9 Å². The Morgan fingerprint density at radius 1 is 1.17 bits per heavy atom. The van der Waals surface area contributed by atoms with Crippen LogP contribution in [0.15, 0.2) is 18.2 Å². The number of carbonyl (C=O) groups excluding carboxylic acids is 1. The molecule has 2 saturated heterocycles.